The van der Waals surface area contributed by atoms with E-state index >= 15 is 0 Å². The monoisotopic (exact) mass is 266 g/mol. The average molecular weight is 266 g/mol. The van der Waals surface area contributed by atoms with Crippen LogP contribution in [-0.4, -0.2) is 22.5 Å². The minimum atomic E-state index is -1.27. The van der Waals surface area contributed by atoms with E-state index in [1.807, 2.05) is 6.92 Å². The molecule has 1 N–H and O–H groups in total. The molecule has 19 heavy (non-hydrogen) atoms. The number of allylic oxidation sites excluding steroid dienone is 2. The number of carbonyl (C=O) groups excluding carboxylic acids is 3. The molecule has 1 atom stereocenters. The topological polar surface area (TPSA) is 71.4 Å². The highest BCUT2D eigenvalue weighted by Gasteiger charge is 2.54. The molecular formula is C15H22O4. The van der Waals surface area contributed by atoms with Gasteiger partial charge in [-0.05, 0) is 34.1 Å². The number of carbonyl (C=O) groups is 3. The van der Waals surface area contributed by atoms with E-state index in [4.69, 9.17) is 0 Å². The third-order valence-electron chi connectivity index (χ3n) is 4.07. The van der Waals surface area contributed by atoms with E-state index in [0.29, 0.717) is 6.42 Å². The lowest BCUT2D eigenvalue weighted by Gasteiger charge is -2.38. The van der Waals surface area contributed by atoms with E-state index < -0.39 is 16.6 Å². The molecule has 0 aliphatic heterocycles. The van der Waals surface area contributed by atoms with Gasteiger partial charge >= 0.3 is 0 Å². The van der Waals surface area contributed by atoms with Gasteiger partial charge in [0.25, 0.3) is 0 Å². The molecule has 0 aromatic heterocycles. The fraction of sp³-hybridized carbons (Fsp3) is 0.667. The van der Waals surface area contributed by atoms with Gasteiger partial charge in [-0.15, -0.1) is 0 Å². The summed E-state index contributed by atoms with van der Waals surface area (Å²) in [7, 11) is 0. The van der Waals surface area contributed by atoms with Crippen molar-refractivity contribution in [2.45, 2.75) is 48.0 Å². The molecule has 4 heteroatoms. The summed E-state index contributed by atoms with van der Waals surface area (Å²) in [4.78, 5) is 36.9. The molecule has 0 amide bonds. The van der Waals surface area contributed by atoms with Gasteiger partial charge in [-0.25, -0.2) is 0 Å². The zero-order valence-corrected chi connectivity index (χ0v) is 12.5. The van der Waals surface area contributed by atoms with Gasteiger partial charge in [-0.3, -0.25) is 14.4 Å². The van der Waals surface area contributed by atoms with Crippen LogP contribution in [0.1, 0.15) is 48.0 Å². The lowest BCUT2D eigenvalue weighted by atomic mass is 9.62. The van der Waals surface area contributed by atoms with E-state index in [1.165, 1.54) is 13.8 Å². The second-order valence-corrected chi connectivity index (χ2v) is 6.31. The lowest BCUT2D eigenvalue weighted by molar-refractivity contribution is -0.145. The highest BCUT2D eigenvalue weighted by molar-refractivity contribution is 6.30. The van der Waals surface area contributed by atoms with Crippen molar-refractivity contribution in [1.82, 2.24) is 0 Å². The maximum atomic E-state index is 12.4. The van der Waals surface area contributed by atoms with Gasteiger partial charge in [0.2, 0.25) is 0 Å². The quantitative estimate of drug-likeness (QED) is 0.629. The summed E-state index contributed by atoms with van der Waals surface area (Å²) in [6.07, 6.45) is 0.581. The van der Waals surface area contributed by atoms with Gasteiger partial charge in [0.05, 0.1) is 10.8 Å². The van der Waals surface area contributed by atoms with Gasteiger partial charge in [0.15, 0.2) is 17.3 Å². The highest BCUT2D eigenvalue weighted by Crippen LogP contribution is 2.43. The Morgan fingerprint density at radius 1 is 1.16 bits per heavy atom. The number of aliphatic hydroxyl groups excluding tert-OH is 1. The Labute approximate surface area is 113 Å². The van der Waals surface area contributed by atoms with E-state index in [2.05, 4.69) is 0 Å². The summed E-state index contributed by atoms with van der Waals surface area (Å²) in [5, 5.41) is 10.2. The Kier molecular flexibility index (Phi) is 3.76. The molecule has 0 radical (unpaired) electrons. The number of hydrogen-bond donors (Lipinski definition) is 1. The first-order valence-corrected chi connectivity index (χ1v) is 6.57. The van der Waals surface area contributed by atoms with Gasteiger partial charge in [0, 0.05) is 5.92 Å². The molecule has 0 aromatic carbocycles. The summed E-state index contributed by atoms with van der Waals surface area (Å²) >= 11 is 0. The first-order valence-electron chi connectivity index (χ1n) is 6.57. The molecule has 0 heterocycles. The summed E-state index contributed by atoms with van der Waals surface area (Å²) in [6, 6.07) is 0. The van der Waals surface area contributed by atoms with Crippen molar-refractivity contribution < 1.29 is 19.5 Å². The van der Waals surface area contributed by atoms with E-state index in [-0.39, 0.29) is 28.8 Å². The molecule has 1 unspecified atom stereocenters. The summed E-state index contributed by atoms with van der Waals surface area (Å²) in [6.45, 7) is 9.66. The second-order valence-electron chi connectivity index (χ2n) is 6.31. The van der Waals surface area contributed by atoms with E-state index in [9.17, 15) is 19.5 Å². The molecule has 0 fully saturated rings. The maximum absolute atomic E-state index is 12.4. The molecule has 0 saturated carbocycles. The third-order valence-corrected chi connectivity index (χ3v) is 4.07. The number of hydrogen-bond acceptors (Lipinski definition) is 4. The van der Waals surface area contributed by atoms with Crippen molar-refractivity contribution in [2.75, 3.05) is 0 Å². The first-order chi connectivity index (χ1) is 8.49. The van der Waals surface area contributed by atoms with Gasteiger partial charge in [0.1, 0.15) is 11.3 Å². The zero-order valence-electron chi connectivity index (χ0n) is 12.5. The van der Waals surface area contributed by atoms with Crippen LogP contribution < -0.4 is 0 Å². The number of ketones is 3. The largest absolute Gasteiger partial charge is 0.510 e. The Morgan fingerprint density at radius 3 is 2.05 bits per heavy atom. The van der Waals surface area contributed by atoms with Crippen LogP contribution in [0.5, 0.6) is 0 Å². The maximum Gasteiger partial charge on any atom is 0.182 e. The van der Waals surface area contributed by atoms with Crippen LogP contribution in [0, 0.1) is 16.7 Å². The Morgan fingerprint density at radius 2 is 1.63 bits per heavy atom. The van der Waals surface area contributed by atoms with E-state index in [1.54, 1.807) is 20.8 Å². The molecule has 4 nitrogen and oxygen atoms in total. The number of rotatable bonds is 3. The summed E-state index contributed by atoms with van der Waals surface area (Å²) in [5.41, 5.74) is -2.66. The lowest BCUT2D eigenvalue weighted by Crippen LogP contribution is -2.50. The summed E-state index contributed by atoms with van der Waals surface area (Å²) in [5.74, 6) is -2.03. The number of aliphatic hydroxyl groups is 1. The van der Waals surface area contributed by atoms with E-state index in [0.717, 1.165) is 0 Å². The standard InChI is InChI=1S/C15H22O4/c1-7-8(2)10(16)9-11(17)14(3,4)13(19)15(5,6)12(9)18/h8,17H,7H2,1-6H3. The zero-order chi connectivity index (χ0) is 15.2. The van der Waals surface area contributed by atoms with Gasteiger partial charge in [-0.1, -0.05) is 13.8 Å². The van der Waals surface area contributed by atoms with Crippen molar-refractivity contribution in [3.63, 3.8) is 0 Å². The van der Waals surface area contributed by atoms with Crippen molar-refractivity contribution in [3.05, 3.63) is 11.3 Å². The molecule has 0 aromatic rings. The predicted molar refractivity (Wildman–Crippen MR) is 71.7 cm³/mol. The van der Waals surface area contributed by atoms with Gasteiger partial charge in [-0.2, -0.15) is 0 Å². The second kappa shape index (κ2) is 4.58. The molecule has 0 bridgehead atoms. The van der Waals surface area contributed by atoms with Crippen molar-refractivity contribution >= 4 is 17.3 Å². The fourth-order valence-corrected chi connectivity index (χ4v) is 2.38. The van der Waals surface area contributed by atoms with Crippen LogP contribution in [0.2, 0.25) is 0 Å². The normalized spacial score (nSPS) is 23.5. The minimum absolute atomic E-state index is 0.191. The van der Waals surface area contributed by atoms with Crippen LogP contribution in [0.3, 0.4) is 0 Å². The van der Waals surface area contributed by atoms with Crippen LogP contribution in [0.4, 0.5) is 0 Å². The van der Waals surface area contributed by atoms with Gasteiger partial charge < -0.3 is 5.11 Å². The molecular weight excluding hydrogens is 244 g/mol. The van der Waals surface area contributed by atoms with Crippen molar-refractivity contribution in [2.24, 2.45) is 16.7 Å². The minimum Gasteiger partial charge on any atom is -0.510 e. The third kappa shape index (κ3) is 2.13. The first kappa shape index (κ1) is 15.6. The fourth-order valence-electron chi connectivity index (χ4n) is 2.38. The molecule has 1 aliphatic carbocycles. The molecule has 1 aliphatic rings. The molecule has 0 saturated heterocycles. The van der Waals surface area contributed by atoms with Crippen molar-refractivity contribution in [1.29, 1.82) is 0 Å². The van der Waals surface area contributed by atoms with Crippen molar-refractivity contribution in [3.8, 4) is 0 Å². The van der Waals surface area contributed by atoms with Crippen LogP contribution >= 0.6 is 0 Å². The van der Waals surface area contributed by atoms with Crippen LogP contribution in [0.15, 0.2) is 11.3 Å². The predicted octanol–water partition coefficient (Wildman–Crippen LogP) is 2.62. The summed E-state index contributed by atoms with van der Waals surface area (Å²) < 4.78 is 0. The molecule has 106 valence electrons. The number of Topliss-reactive ketones (excluding diaryl/α,β-unsaturated/α-hetero) is 3. The molecule has 0 spiro atoms. The van der Waals surface area contributed by atoms with Crippen LogP contribution in [0.25, 0.3) is 0 Å². The Hall–Kier alpha value is -1.45. The molecule has 1 rings (SSSR count). The Balaban J connectivity index is 3.52. The average Bonchev–Trinajstić information content (AvgIpc) is 2.34. The van der Waals surface area contributed by atoms with Crippen LogP contribution in [-0.2, 0) is 14.4 Å². The SMILES string of the molecule is CCC(C)C(=O)C1=C(O)C(C)(C)C(=O)C(C)(C)C1=O. The highest BCUT2D eigenvalue weighted by atomic mass is 16.3. The Bertz CT molecular complexity index is 480. The smallest absolute Gasteiger partial charge is 0.182 e.